The van der Waals surface area contributed by atoms with Crippen molar-refractivity contribution in [3.63, 3.8) is 0 Å². The predicted molar refractivity (Wildman–Crippen MR) is 96.7 cm³/mol. The molecule has 0 unspecified atom stereocenters. The quantitative estimate of drug-likeness (QED) is 0.869. The largest absolute Gasteiger partial charge is 0.445 e. The molecule has 1 saturated heterocycles. The van der Waals surface area contributed by atoms with Gasteiger partial charge in [0, 0.05) is 26.1 Å². The summed E-state index contributed by atoms with van der Waals surface area (Å²) >= 11 is 0. The lowest BCUT2D eigenvalue weighted by molar-refractivity contribution is 0.0479. The van der Waals surface area contributed by atoms with Crippen LogP contribution in [0, 0.1) is 5.92 Å². The molecule has 0 aromatic heterocycles. The number of carbonyl (C=O) groups excluding carboxylic acids is 2. The van der Waals surface area contributed by atoms with Crippen molar-refractivity contribution in [3.8, 4) is 0 Å². The maximum Gasteiger partial charge on any atom is 0.410 e. The monoisotopic (exact) mass is 364 g/mol. The molecule has 7 heteroatoms. The zero-order chi connectivity index (χ0) is 19.2. The Morgan fingerprint density at radius 2 is 1.88 bits per heavy atom. The molecule has 0 bridgehead atoms. The van der Waals surface area contributed by atoms with E-state index in [0.717, 1.165) is 5.56 Å². The Bertz CT molecular complexity index is 600. The van der Waals surface area contributed by atoms with Gasteiger partial charge in [0.05, 0.1) is 12.6 Å². The van der Waals surface area contributed by atoms with Crippen LogP contribution in [0.25, 0.3) is 0 Å². The Morgan fingerprint density at radius 1 is 1.19 bits per heavy atom. The molecule has 1 fully saturated rings. The Hall–Kier alpha value is -2.28. The van der Waals surface area contributed by atoms with E-state index < -0.39 is 17.8 Å². The molecule has 2 atom stereocenters. The summed E-state index contributed by atoms with van der Waals surface area (Å²) in [5, 5.41) is 2.84. The second kappa shape index (κ2) is 8.89. The summed E-state index contributed by atoms with van der Waals surface area (Å²) in [6.07, 6.45) is -0.897. The molecule has 144 valence electrons. The number of methoxy groups -OCH3 is 1. The lowest BCUT2D eigenvalue weighted by Crippen LogP contribution is -2.44. The van der Waals surface area contributed by atoms with Crippen LogP contribution in [0.2, 0.25) is 0 Å². The van der Waals surface area contributed by atoms with Crippen LogP contribution in [-0.4, -0.2) is 55.5 Å². The van der Waals surface area contributed by atoms with Crippen molar-refractivity contribution in [3.05, 3.63) is 35.9 Å². The van der Waals surface area contributed by atoms with E-state index in [4.69, 9.17) is 14.2 Å². The van der Waals surface area contributed by atoms with Crippen LogP contribution in [0.3, 0.4) is 0 Å². The van der Waals surface area contributed by atoms with Crippen LogP contribution in [-0.2, 0) is 20.8 Å². The summed E-state index contributed by atoms with van der Waals surface area (Å²) < 4.78 is 15.9. The molecule has 2 rings (SSSR count). The third-order valence-corrected chi connectivity index (χ3v) is 3.99. The highest BCUT2D eigenvalue weighted by molar-refractivity contribution is 5.70. The minimum atomic E-state index is -0.576. The molecule has 1 N–H and O–H groups in total. The number of nitrogens with zero attached hydrogens (tertiary/aromatic N) is 1. The smallest absolute Gasteiger partial charge is 0.410 e. The third-order valence-electron chi connectivity index (χ3n) is 3.99. The molecule has 0 saturated carbocycles. The number of carbonyl (C=O) groups is 2. The van der Waals surface area contributed by atoms with Gasteiger partial charge in [-0.15, -0.1) is 0 Å². The van der Waals surface area contributed by atoms with E-state index in [1.54, 1.807) is 32.8 Å². The second-order valence-electron chi connectivity index (χ2n) is 7.41. The number of amides is 2. The van der Waals surface area contributed by atoms with E-state index in [9.17, 15) is 9.59 Å². The molecule has 7 nitrogen and oxygen atoms in total. The molecule has 1 aliphatic heterocycles. The van der Waals surface area contributed by atoms with Crippen molar-refractivity contribution >= 4 is 12.2 Å². The number of ether oxygens (including phenoxy) is 3. The van der Waals surface area contributed by atoms with Crippen molar-refractivity contribution in [2.45, 2.75) is 39.0 Å². The Labute approximate surface area is 154 Å². The number of benzene rings is 1. The lowest BCUT2D eigenvalue weighted by atomic mass is 10.1. The fraction of sp³-hybridized carbons (Fsp3) is 0.579. The molecule has 1 aliphatic rings. The van der Waals surface area contributed by atoms with Gasteiger partial charge in [0.15, 0.2) is 0 Å². The maximum atomic E-state index is 12.3. The molecule has 26 heavy (non-hydrogen) atoms. The second-order valence-corrected chi connectivity index (χ2v) is 7.41. The molecule has 2 amide bonds. The predicted octanol–water partition coefficient (Wildman–Crippen LogP) is 2.79. The van der Waals surface area contributed by atoms with Gasteiger partial charge in [-0.05, 0) is 26.3 Å². The number of hydrogen-bond donors (Lipinski definition) is 1. The fourth-order valence-corrected chi connectivity index (χ4v) is 2.84. The molecule has 1 aromatic rings. The van der Waals surface area contributed by atoms with E-state index >= 15 is 0 Å². The van der Waals surface area contributed by atoms with Crippen molar-refractivity contribution in [2.75, 3.05) is 26.8 Å². The Balaban J connectivity index is 1.90. The number of nitrogens with one attached hydrogen (secondary N) is 1. The Morgan fingerprint density at radius 3 is 2.50 bits per heavy atom. The molecular formula is C19H28N2O5. The van der Waals surface area contributed by atoms with Crippen LogP contribution in [0.5, 0.6) is 0 Å². The summed E-state index contributed by atoms with van der Waals surface area (Å²) in [7, 11) is 1.60. The topological polar surface area (TPSA) is 77.1 Å². The first-order chi connectivity index (χ1) is 12.3. The van der Waals surface area contributed by atoms with E-state index in [0.29, 0.717) is 19.7 Å². The van der Waals surface area contributed by atoms with Crippen LogP contribution in [0.15, 0.2) is 30.3 Å². The van der Waals surface area contributed by atoms with Crippen LogP contribution in [0.4, 0.5) is 9.59 Å². The summed E-state index contributed by atoms with van der Waals surface area (Å²) in [5.41, 5.74) is 0.352. The average Bonchev–Trinajstić information content (AvgIpc) is 2.95. The first kappa shape index (κ1) is 20.0. The average molecular weight is 364 g/mol. The van der Waals surface area contributed by atoms with Gasteiger partial charge in [-0.1, -0.05) is 30.3 Å². The van der Waals surface area contributed by atoms with Crippen LogP contribution < -0.4 is 5.32 Å². The summed E-state index contributed by atoms with van der Waals surface area (Å²) in [6, 6.07) is 9.26. The van der Waals surface area contributed by atoms with Crippen molar-refractivity contribution in [1.82, 2.24) is 10.2 Å². The number of rotatable bonds is 5. The van der Waals surface area contributed by atoms with E-state index in [1.807, 2.05) is 30.3 Å². The molecule has 0 spiro atoms. The Kier molecular flexibility index (Phi) is 6.85. The zero-order valence-electron chi connectivity index (χ0n) is 15.9. The van der Waals surface area contributed by atoms with Crippen LogP contribution in [0.1, 0.15) is 26.3 Å². The standard InChI is InChI=1S/C19H28N2O5/c1-19(2,3)26-17(22)20-16-11-21(10-15(16)13-24-4)18(23)25-12-14-8-6-5-7-9-14/h5-9,15-16H,10-13H2,1-4H3,(H,20,22)/t15-,16-/m1/s1. The van der Waals surface area contributed by atoms with Crippen molar-refractivity contribution in [1.29, 1.82) is 0 Å². The molecule has 0 aliphatic carbocycles. The van der Waals surface area contributed by atoms with Crippen LogP contribution >= 0.6 is 0 Å². The van der Waals surface area contributed by atoms with Gasteiger partial charge in [-0.2, -0.15) is 0 Å². The zero-order valence-corrected chi connectivity index (χ0v) is 15.9. The highest BCUT2D eigenvalue weighted by Crippen LogP contribution is 2.20. The summed E-state index contributed by atoms with van der Waals surface area (Å²) in [6.45, 7) is 6.89. The van der Waals surface area contributed by atoms with Gasteiger partial charge in [0.1, 0.15) is 12.2 Å². The maximum absolute atomic E-state index is 12.3. The number of hydrogen-bond acceptors (Lipinski definition) is 5. The number of likely N-dealkylation sites (tertiary alicyclic amines) is 1. The summed E-state index contributed by atoms with van der Waals surface area (Å²) in [4.78, 5) is 26.0. The van der Waals surface area contributed by atoms with Crippen molar-refractivity contribution < 1.29 is 23.8 Å². The number of alkyl carbamates (subject to hydrolysis) is 1. The van der Waals surface area contributed by atoms with Gasteiger partial charge in [-0.3, -0.25) is 0 Å². The van der Waals surface area contributed by atoms with Gasteiger partial charge in [0.2, 0.25) is 0 Å². The van der Waals surface area contributed by atoms with E-state index in [1.165, 1.54) is 0 Å². The lowest BCUT2D eigenvalue weighted by Gasteiger charge is -2.23. The third kappa shape index (κ3) is 6.22. The molecule has 1 heterocycles. The first-order valence-corrected chi connectivity index (χ1v) is 8.72. The van der Waals surface area contributed by atoms with Gasteiger partial charge < -0.3 is 24.4 Å². The van der Waals surface area contributed by atoms with Crippen molar-refractivity contribution in [2.24, 2.45) is 5.92 Å². The molecule has 0 radical (unpaired) electrons. The summed E-state index contributed by atoms with van der Waals surface area (Å²) in [5.74, 6) is -0.0169. The molecular weight excluding hydrogens is 336 g/mol. The SMILES string of the molecule is COC[C@H]1CN(C(=O)OCc2ccccc2)C[C@H]1NC(=O)OC(C)(C)C. The minimum absolute atomic E-state index is 0.0169. The highest BCUT2D eigenvalue weighted by Gasteiger charge is 2.37. The van der Waals surface area contributed by atoms with E-state index in [-0.39, 0.29) is 18.6 Å². The first-order valence-electron chi connectivity index (χ1n) is 8.72. The minimum Gasteiger partial charge on any atom is -0.445 e. The normalized spacial score (nSPS) is 19.9. The van der Waals surface area contributed by atoms with E-state index in [2.05, 4.69) is 5.32 Å². The highest BCUT2D eigenvalue weighted by atomic mass is 16.6. The molecule has 1 aromatic carbocycles. The van der Waals surface area contributed by atoms with Gasteiger partial charge >= 0.3 is 12.2 Å². The van der Waals surface area contributed by atoms with Gasteiger partial charge in [0.25, 0.3) is 0 Å². The fourth-order valence-electron chi connectivity index (χ4n) is 2.84. The van der Waals surface area contributed by atoms with Gasteiger partial charge in [-0.25, -0.2) is 9.59 Å².